The van der Waals surface area contributed by atoms with E-state index in [2.05, 4.69) is 5.10 Å². The second kappa shape index (κ2) is 7.69. The molecule has 0 radical (unpaired) electrons. The largest absolute Gasteiger partial charge is 0.481 e. The Morgan fingerprint density at radius 1 is 0.960 bits per heavy atom. The monoisotopic (exact) mass is 362 g/mol. The molecule has 0 unspecified atom stereocenters. The molecule has 2 rings (SSSR count). The number of carbonyl (C=O) groups is 1. The lowest BCUT2D eigenvalue weighted by Crippen LogP contribution is -2.25. The topological polar surface area (TPSA) is 50.7 Å². The van der Waals surface area contributed by atoms with Crippen LogP contribution in [0.2, 0.25) is 0 Å². The third kappa shape index (κ3) is 4.08. The summed E-state index contributed by atoms with van der Waals surface area (Å²) in [6, 6.07) is 5.20. The molecule has 4 nitrogen and oxygen atoms in total. The van der Waals surface area contributed by atoms with Gasteiger partial charge in [-0.25, -0.2) is 31.8 Å². The van der Waals surface area contributed by atoms with Gasteiger partial charge in [-0.1, -0.05) is 12.1 Å². The van der Waals surface area contributed by atoms with Gasteiger partial charge in [-0.3, -0.25) is 4.79 Å². The lowest BCUT2D eigenvalue weighted by molar-refractivity contribution is -0.123. The van der Waals surface area contributed by atoms with Gasteiger partial charge in [0.15, 0.2) is 41.4 Å². The van der Waals surface area contributed by atoms with Crippen LogP contribution in [0, 0.1) is 34.9 Å². The Kier molecular flexibility index (Phi) is 5.63. The second-order valence-corrected chi connectivity index (χ2v) is 4.50. The highest BCUT2D eigenvalue weighted by atomic mass is 19.2. The summed E-state index contributed by atoms with van der Waals surface area (Å²) in [6.07, 6.45) is 0.247. The first-order chi connectivity index (χ1) is 11.8. The van der Waals surface area contributed by atoms with Gasteiger partial charge in [0.25, 0.3) is 5.91 Å². The molecule has 2 aromatic rings. The number of hydrogen-bond acceptors (Lipinski definition) is 3. The molecule has 0 heterocycles. The van der Waals surface area contributed by atoms with Crippen molar-refractivity contribution in [3.63, 3.8) is 0 Å². The fraction of sp³-hybridized carbons (Fsp3) is 0.0667. The first kappa shape index (κ1) is 18.3. The maximum Gasteiger partial charge on any atom is 0.277 e. The molecule has 132 valence electrons. The van der Waals surface area contributed by atoms with E-state index in [4.69, 9.17) is 4.74 Å². The van der Waals surface area contributed by atoms with E-state index >= 15 is 0 Å². The van der Waals surface area contributed by atoms with Crippen molar-refractivity contribution in [1.29, 1.82) is 0 Å². The van der Waals surface area contributed by atoms with Gasteiger partial charge in [0, 0.05) is 0 Å². The number of halogens is 6. The number of nitrogens with one attached hydrogen (secondary N) is 1. The van der Waals surface area contributed by atoms with Crippen molar-refractivity contribution < 1.29 is 35.9 Å². The Bertz CT molecular complexity index is 812. The number of ether oxygens (including phenoxy) is 1. The van der Waals surface area contributed by atoms with Crippen LogP contribution in [0.15, 0.2) is 29.4 Å². The van der Waals surface area contributed by atoms with Crippen LogP contribution in [0.4, 0.5) is 26.3 Å². The Labute approximate surface area is 136 Å². The zero-order valence-corrected chi connectivity index (χ0v) is 12.1. The third-order valence-corrected chi connectivity index (χ3v) is 2.82. The summed E-state index contributed by atoms with van der Waals surface area (Å²) in [7, 11) is 0. The van der Waals surface area contributed by atoms with E-state index in [-0.39, 0.29) is 12.0 Å². The predicted octanol–water partition coefficient (Wildman–Crippen LogP) is 3.05. The molecule has 10 heteroatoms. The highest BCUT2D eigenvalue weighted by molar-refractivity contribution is 5.83. The molecule has 1 N–H and O–H groups in total. The average molecular weight is 362 g/mol. The Hall–Kier alpha value is -3.04. The second-order valence-electron chi connectivity index (χ2n) is 4.50. The van der Waals surface area contributed by atoms with Crippen LogP contribution in [-0.4, -0.2) is 18.7 Å². The lowest BCUT2D eigenvalue weighted by Gasteiger charge is -2.06. The summed E-state index contributed by atoms with van der Waals surface area (Å²) in [4.78, 5) is 11.4. The summed E-state index contributed by atoms with van der Waals surface area (Å²) in [5.41, 5.74) is 0.413. The highest BCUT2D eigenvalue weighted by Gasteiger charge is 2.24. The molecule has 0 atom stereocenters. The minimum Gasteiger partial charge on any atom is -0.481 e. The maximum atomic E-state index is 13.3. The van der Waals surface area contributed by atoms with E-state index in [1.165, 1.54) is 18.2 Å². The molecule has 0 fully saturated rings. The van der Waals surface area contributed by atoms with Crippen molar-refractivity contribution in [2.24, 2.45) is 5.10 Å². The summed E-state index contributed by atoms with van der Waals surface area (Å²) in [6.45, 7) is -0.699. The molecule has 0 spiro atoms. The van der Waals surface area contributed by atoms with Gasteiger partial charge in [-0.05, 0) is 12.1 Å². The number of hydrogen-bond donors (Lipinski definition) is 1. The molecule has 0 bridgehead atoms. The van der Waals surface area contributed by atoms with Crippen LogP contribution in [0.5, 0.6) is 5.75 Å². The van der Waals surface area contributed by atoms with Gasteiger partial charge in [0.05, 0.1) is 11.8 Å². The summed E-state index contributed by atoms with van der Waals surface area (Å²) < 4.78 is 83.6. The lowest BCUT2D eigenvalue weighted by atomic mass is 10.2. The number of benzene rings is 2. The Morgan fingerprint density at radius 2 is 1.52 bits per heavy atom. The van der Waals surface area contributed by atoms with Gasteiger partial charge >= 0.3 is 0 Å². The summed E-state index contributed by atoms with van der Waals surface area (Å²) >= 11 is 0. The van der Waals surface area contributed by atoms with Gasteiger partial charge < -0.3 is 4.74 Å². The Morgan fingerprint density at radius 3 is 2.12 bits per heavy atom. The first-order valence-electron chi connectivity index (χ1n) is 6.53. The molecule has 1 amide bonds. The highest BCUT2D eigenvalue weighted by Crippen LogP contribution is 2.21. The Balaban J connectivity index is 2.02. The van der Waals surface area contributed by atoms with Crippen molar-refractivity contribution in [3.05, 3.63) is 64.7 Å². The molecule has 0 saturated carbocycles. The van der Waals surface area contributed by atoms with E-state index < -0.39 is 53.0 Å². The number of carbonyl (C=O) groups excluding carboxylic acids is 1. The van der Waals surface area contributed by atoms with E-state index in [0.29, 0.717) is 0 Å². The molecule has 0 aliphatic rings. The number of hydrazone groups is 1. The number of rotatable bonds is 5. The van der Waals surface area contributed by atoms with Crippen LogP contribution in [0.25, 0.3) is 0 Å². The standard InChI is InChI=1S/C15H8F6N2O2/c16-8-3-1-2-4-9(8)25-6-10(24)23-22-5-7-11(17)13(19)15(21)14(20)12(7)18/h1-5H,6H2,(H,23,24). The van der Waals surface area contributed by atoms with E-state index in [1.807, 2.05) is 0 Å². The predicted molar refractivity (Wildman–Crippen MR) is 73.9 cm³/mol. The minimum atomic E-state index is -2.31. The smallest absolute Gasteiger partial charge is 0.277 e. The summed E-state index contributed by atoms with van der Waals surface area (Å²) in [5, 5.41) is 3.08. The number of amides is 1. The quantitative estimate of drug-likeness (QED) is 0.292. The fourth-order valence-corrected chi connectivity index (χ4v) is 1.64. The minimum absolute atomic E-state index is 0.221. The zero-order chi connectivity index (χ0) is 18.6. The zero-order valence-electron chi connectivity index (χ0n) is 12.1. The van der Waals surface area contributed by atoms with Crippen molar-refractivity contribution in [2.75, 3.05) is 6.61 Å². The van der Waals surface area contributed by atoms with E-state index in [1.54, 1.807) is 5.43 Å². The molecule has 0 saturated heterocycles. The van der Waals surface area contributed by atoms with Crippen LogP contribution >= 0.6 is 0 Å². The molecule has 0 aromatic heterocycles. The molecular formula is C15H8F6N2O2. The van der Waals surface area contributed by atoms with Crippen LogP contribution < -0.4 is 10.2 Å². The number of nitrogens with zero attached hydrogens (tertiary/aromatic N) is 1. The van der Waals surface area contributed by atoms with Crippen molar-refractivity contribution in [2.45, 2.75) is 0 Å². The molecule has 0 aliphatic carbocycles. The SMILES string of the molecule is O=C(COc1ccccc1F)NN=Cc1c(F)c(F)c(F)c(F)c1F. The maximum absolute atomic E-state index is 13.3. The first-order valence-corrected chi connectivity index (χ1v) is 6.53. The van der Waals surface area contributed by atoms with Gasteiger partial charge in [-0.2, -0.15) is 5.10 Å². The average Bonchev–Trinajstić information content (AvgIpc) is 2.60. The van der Waals surface area contributed by atoms with Crippen LogP contribution in [-0.2, 0) is 4.79 Å². The third-order valence-electron chi connectivity index (χ3n) is 2.82. The molecule has 0 aliphatic heterocycles. The van der Waals surface area contributed by atoms with Gasteiger partial charge in [-0.15, -0.1) is 0 Å². The van der Waals surface area contributed by atoms with Crippen molar-refractivity contribution >= 4 is 12.1 Å². The number of para-hydroxylation sites is 1. The fourth-order valence-electron chi connectivity index (χ4n) is 1.64. The van der Waals surface area contributed by atoms with Gasteiger partial charge in [0.2, 0.25) is 5.82 Å². The van der Waals surface area contributed by atoms with Crippen LogP contribution in [0.3, 0.4) is 0 Å². The van der Waals surface area contributed by atoms with E-state index in [0.717, 1.165) is 6.07 Å². The normalized spacial score (nSPS) is 11.0. The molecule has 2 aromatic carbocycles. The van der Waals surface area contributed by atoms with E-state index in [9.17, 15) is 31.1 Å². The molecule has 25 heavy (non-hydrogen) atoms. The van der Waals surface area contributed by atoms with Gasteiger partial charge in [0.1, 0.15) is 0 Å². The summed E-state index contributed by atoms with van der Waals surface area (Å²) in [5.74, 6) is -12.7. The van der Waals surface area contributed by atoms with Crippen molar-refractivity contribution in [3.8, 4) is 5.75 Å². The molecular weight excluding hydrogens is 354 g/mol. The van der Waals surface area contributed by atoms with Crippen molar-refractivity contribution in [1.82, 2.24) is 5.43 Å². The van der Waals surface area contributed by atoms with Crippen LogP contribution in [0.1, 0.15) is 5.56 Å².